The number of hydrogen-bond donors (Lipinski definition) is 0. The fourth-order valence-corrected chi connectivity index (χ4v) is 1.55. The van der Waals surface area contributed by atoms with Gasteiger partial charge in [0.1, 0.15) is 11.4 Å². The Labute approximate surface area is 101 Å². The van der Waals surface area contributed by atoms with Crippen molar-refractivity contribution in [3.8, 4) is 0 Å². The molecule has 0 atom stereocenters. The normalized spacial score (nSPS) is 11.3. The van der Waals surface area contributed by atoms with Crippen molar-refractivity contribution in [1.29, 1.82) is 0 Å². The highest BCUT2D eigenvalue weighted by atomic mass is 127. The molecular formula is C10H11FINO2. The minimum absolute atomic E-state index is 0.145. The molecule has 0 bridgehead atoms. The summed E-state index contributed by atoms with van der Waals surface area (Å²) in [5, 5.41) is 0. The van der Waals surface area contributed by atoms with Crippen molar-refractivity contribution in [2.24, 2.45) is 0 Å². The molecule has 15 heavy (non-hydrogen) atoms. The van der Waals surface area contributed by atoms with E-state index in [-0.39, 0.29) is 5.69 Å². The van der Waals surface area contributed by atoms with Crippen LogP contribution in [-0.4, -0.2) is 16.6 Å². The molecule has 0 aliphatic heterocycles. The standard InChI is InChI=1S/C10H11FINO2/c1-10(2,3)15-9(14)8-7(12)4-6(11)5-13-8/h4-5H,1-3H3. The smallest absolute Gasteiger partial charge is 0.358 e. The Morgan fingerprint density at radius 1 is 1.53 bits per heavy atom. The summed E-state index contributed by atoms with van der Waals surface area (Å²) in [5.41, 5.74) is -0.428. The van der Waals surface area contributed by atoms with Crippen LogP contribution in [-0.2, 0) is 4.74 Å². The van der Waals surface area contributed by atoms with Crippen LogP contribution in [0.3, 0.4) is 0 Å². The average molecular weight is 323 g/mol. The van der Waals surface area contributed by atoms with E-state index in [1.165, 1.54) is 6.07 Å². The number of halogens is 2. The summed E-state index contributed by atoms with van der Waals surface area (Å²) in [6.45, 7) is 5.30. The van der Waals surface area contributed by atoms with Gasteiger partial charge in [0, 0.05) is 3.57 Å². The number of nitrogens with zero attached hydrogens (tertiary/aromatic N) is 1. The molecule has 0 aliphatic carbocycles. The lowest BCUT2D eigenvalue weighted by Crippen LogP contribution is -2.25. The summed E-state index contributed by atoms with van der Waals surface area (Å²) in [6.07, 6.45) is 1.00. The molecule has 0 aromatic carbocycles. The number of carbonyl (C=O) groups excluding carboxylic acids is 1. The van der Waals surface area contributed by atoms with Gasteiger partial charge in [-0.1, -0.05) is 0 Å². The van der Waals surface area contributed by atoms with Crippen LogP contribution in [0.1, 0.15) is 31.3 Å². The van der Waals surface area contributed by atoms with Crippen molar-refractivity contribution in [2.45, 2.75) is 26.4 Å². The summed E-state index contributed by atoms with van der Waals surface area (Å²) in [6, 6.07) is 1.24. The molecule has 0 aliphatic rings. The largest absolute Gasteiger partial charge is 0.455 e. The van der Waals surface area contributed by atoms with Crippen LogP contribution in [0, 0.1) is 9.39 Å². The zero-order valence-corrected chi connectivity index (χ0v) is 10.8. The fourth-order valence-electron chi connectivity index (χ4n) is 0.891. The first-order valence-corrected chi connectivity index (χ1v) is 5.42. The summed E-state index contributed by atoms with van der Waals surface area (Å²) in [7, 11) is 0. The first-order valence-electron chi connectivity index (χ1n) is 4.34. The maximum absolute atomic E-state index is 12.7. The fraction of sp³-hybridized carbons (Fsp3) is 0.400. The topological polar surface area (TPSA) is 39.2 Å². The van der Waals surface area contributed by atoms with Crippen LogP contribution in [0.2, 0.25) is 0 Å². The molecule has 0 radical (unpaired) electrons. The van der Waals surface area contributed by atoms with Crippen molar-refractivity contribution in [1.82, 2.24) is 4.98 Å². The molecule has 82 valence electrons. The van der Waals surface area contributed by atoms with Crippen LogP contribution in [0.25, 0.3) is 0 Å². The molecule has 0 amide bonds. The van der Waals surface area contributed by atoms with Crippen molar-refractivity contribution >= 4 is 28.6 Å². The molecule has 0 saturated carbocycles. The number of carbonyl (C=O) groups is 1. The third-order valence-corrected chi connectivity index (χ3v) is 2.22. The van der Waals surface area contributed by atoms with Gasteiger partial charge in [-0.2, -0.15) is 0 Å². The summed E-state index contributed by atoms with van der Waals surface area (Å²) < 4.78 is 18.3. The Hall–Kier alpha value is -0.720. The van der Waals surface area contributed by atoms with E-state index in [0.717, 1.165) is 6.20 Å². The van der Waals surface area contributed by atoms with Gasteiger partial charge in [-0.3, -0.25) is 0 Å². The van der Waals surface area contributed by atoms with Gasteiger partial charge >= 0.3 is 5.97 Å². The second-order valence-corrected chi connectivity index (χ2v) is 5.15. The van der Waals surface area contributed by atoms with Gasteiger partial charge in [-0.15, -0.1) is 0 Å². The van der Waals surface area contributed by atoms with Gasteiger partial charge in [-0.05, 0) is 49.4 Å². The minimum Gasteiger partial charge on any atom is -0.455 e. The molecule has 0 unspecified atom stereocenters. The number of esters is 1. The first kappa shape index (κ1) is 12.4. The van der Waals surface area contributed by atoms with Gasteiger partial charge in [0.05, 0.1) is 6.20 Å². The minimum atomic E-state index is -0.573. The Morgan fingerprint density at radius 3 is 2.60 bits per heavy atom. The maximum Gasteiger partial charge on any atom is 0.358 e. The molecule has 1 aromatic heterocycles. The van der Waals surface area contributed by atoms with Crippen LogP contribution < -0.4 is 0 Å². The van der Waals surface area contributed by atoms with Gasteiger partial charge in [0.25, 0.3) is 0 Å². The number of rotatable bonds is 1. The van der Waals surface area contributed by atoms with Crippen molar-refractivity contribution in [2.75, 3.05) is 0 Å². The monoisotopic (exact) mass is 323 g/mol. The Bertz CT molecular complexity index is 387. The van der Waals surface area contributed by atoms with Crippen molar-refractivity contribution in [3.63, 3.8) is 0 Å². The average Bonchev–Trinajstić information content (AvgIpc) is 1.99. The molecule has 1 aromatic rings. The van der Waals surface area contributed by atoms with E-state index in [1.807, 2.05) is 22.6 Å². The lowest BCUT2D eigenvalue weighted by atomic mass is 10.2. The van der Waals surface area contributed by atoms with E-state index in [1.54, 1.807) is 20.8 Å². The van der Waals surface area contributed by atoms with E-state index >= 15 is 0 Å². The van der Waals surface area contributed by atoms with Crippen LogP contribution in [0.4, 0.5) is 4.39 Å². The highest BCUT2D eigenvalue weighted by Crippen LogP contribution is 2.16. The summed E-state index contributed by atoms with van der Waals surface area (Å²) >= 11 is 1.85. The molecule has 0 N–H and O–H groups in total. The molecule has 0 fully saturated rings. The van der Waals surface area contributed by atoms with Crippen LogP contribution >= 0.6 is 22.6 Å². The number of pyridine rings is 1. The molecular weight excluding hydrogens is 312 g/mol. The second kappa shape index (κ2) is 4.42. The highest BCUT2D eigenvalue weighted by Gasteiger charge is 2.21. The van der Waals surface area contributed by atoms with E-state index in [9.17, 15) is 9.18 Å². The third kappa shape index (κ3) is 3.73. The Balaban J connectivity index is 2.92. The van der Waals surface area contributed by atoms with Gasteiger partial charge < -0.3 is 4.74 Å². The predicted octanol–water partition coefficient (Wildman–Crippen LogP) is 2.78. The lowest BCUT2D eigenvalue weighted by Gasteiger charge is -2.19. The van der Waals surface area contributed by atoms with E-state index in [2.05, 4.69) is 4.98 Å². The van der Waals surface area contributed by atoms with E-state index in [4.69, 9.17) is 4.74 Å². The Kier molecular flexibility index (Phi) is 3.64. The second-order valence-electron chi connectivity index (χ2n) is 3.99. The zero-order chi connectivity index (χ0) is 11.6. The number of ether oxygens (including phenoxy) is 1. The SMILES string of the molecule is CC(C)(C)OC(=O)c1ncc(F)cc1I. The highest BCUT2D eigenvalue weighted by molar-refractivity contribution is 14.1. The lowest BCUT2D eigenvalue weighted by molar-refractivity contribution is 0.00614. The quantitative estimate of drug-likeness (QED) is 0.589. The number of aromatic nitrogens is 1. The molecule has 1 heterocycles. The third-order valence-electron chi connectivity index (χ3n) is 1.40. The van der Waals surface area contributed by atoms with Crippen LogP contribution in [0.5, 0.6) is 0 Å². The molecule has 0 spiro atoms. The summed E-state index contributed by atoms with van der Waals surface area (Å²) in [4.78, 5) is 15.3. The zero-order valence-electron chi connectivity index (χ0n) is 8.67. The van der Waals surface area contributed by atoms with Crippen LogP contribution in [0.15, 0.2) is 12.3 Å². The first-order chi connectivity index (χ1) is 6.79. The van der Waals surface area contributed by atoms with Crippen molar-refractivity contribution in [3.05, 3.63) is 27.3 Å². The molecule has 1 rings (SSSR count). The number of hydrogen-bond acceptors (Lipinski definition) is 3. The van der Waals surface area contributed by atoms with Gasteiger partial charge in [0.15, 0.2) is 5.69 Å². The summed E-state index contributed by atoms with van der Waals surface area (Å²) in [5.74, 6) is -1.00. The Morgan fingerprint density at radius 2 is 2.13 bits per heavy atom. The molecule has 5 heteroatoms. The van der Waals surface area contributed by atoms with Gasteiger partial charge in [-0.25, -0.2) is 14.2 Å². The van der Waals surface area contributed by atoms with Crippen molar-refractivity contribution < 1.29 is 13.9 Å². The maximum atomic E-state index is 12.7. The van der Waals surface area contributed by atoms with E-state index in [0.29, 0.717) is 3.57 Å². The molecule has 3 nitrogen and oxygen atoms in total. The molecule has 0 saturated heterocycles. The van der Waals surface area contributed by atoms with E-state index < -0.39 is 17.4 Å². The van der Waals surface area contributed by atoms with Gasteiger partial charge in [0.2, 0.25) is 0 Å². The predicted molar refractivity (Wildman–Crippen MR) is 62.1 cm³/mol.